The van der Waals surface area contributed by atoms with Crippen molar-refractivity contribution in [2.75, 3.05) is 0 Å². The Labute approximate surface area is 158 Å². The molecular formula is C16H21FN4O5S. The summed E-state index contributed by atoms with van der Waals surface area (Å²) >= 11 is 1.29. The van der Waals surface area contributed by atoms with Gasteiger partial charge in [0.2, 0.25) is 5.91 Å². The third kappa shape index (κ3) is 7.05. The molecule has 2 rings (SSSR count). The molecule has 0 saturated heterocycles. The Balaban J connectivity index is 0.000000828. The minimum atomic E-state index is -1.33. The SMILES string of the molecule is CC(C)[C@H](NC(=O)O)C(=O)N[C@H](C)c1nc2ccc(F)cc2s1.NC(=O)O. The van der Waals surface area contributed by atoms with E-state index in [1.165, 1.54) is 23.5 Å². The normalized spacial score (nSPS) is 12.6. The van der Waals surface area contributed by atoms with E-state index in [1.54, 1.807) is 26.8 Å². The molecule has 1 aromatic heterocycles. The Morgan fingerprint density at radius 2 is 1.78 bits per heavy atom. The van der Waals surface area contributed by atoms with Crippen LogP contribution in [0.15, 0.2) is 18.2 Å². The van der Waals surface area contributed by atoms with Gasteiger partial charge in [0.1, 0.15) is 16.9 Å². The highest BCUT2D eigenvalue weighted by Gasteiger charge is 2.26. The van der Waals surface area contributed by atoms with Crippen molar-refractivity contribution >= 4 is 39.6 Å². The van der Waals surface area contributed by atoms with Gasteiger partial charge in [-0.3, -0.25) is 4.79 Å². The van der Waals surface area contributed by atoms with Crippen molar-refractivity contribution in [1.29, 1.82) is 0 Å². The third-order valence-electron chi connectivity index (χ3n) is 3.32. The first kappa shape index (κ1) is 22.1. The average Bonchev–Trinajstić information content (AvgIpc) is 2.94. The lowest BCUT2D eigenvalue weighted by Gasteiger charge is -2.22. The number of nitrogens with zero attached hydrogens (tertiary/aromatic N) is 1. The smallest absolute Gasteiger partial charge is 0.405 e. The molecule has 0 saturated carbocycles. The van der Waals surface area contributed by atoms with Crippen LogP contribution in [0.5, 0.6) is 0 Å². The van der Waals surface area contributed by atoms with Crippen LogP contribution in [0.4, 0.5) is 14.0 Å². The molecule has 6 N–H and O–H groups in total. The highest BCUT2D eigenvalue weighted by molar-refractivity contribution is 7.18. The van der Waals surface area contributed by atoms with Gasteiger partial charge >= 0.3 is 12.2 Å². The van der Waals surface area contributed by atoms with Gasteiger partial charge in [0, 0.05) is 0 Å². The number of carboxylic acid groups (broad SMARTS) is 2. The van der Waals surface area contributed by atoms with Crippen molar-refractivity contribution < 1.29 is 29.0 Å². The van der Waals surface area contributed by atoms with Gasteiger partial charge in [0.15, 0.2) is 0 Å². The number of nitrogens with one attached hydrogen (secondary N) is 2. The Hall–Kier alpha value is -2.95. The summed E-state index contributed by atoms with van der Waals surface area (Å²) in [7, 11) is 0. The molecule has 2 atom stereocenters. The minimum absolute atomic E-state index is 0.192. The zero-order valence-electron chi connectivity index (χ0n) is 14.9. The quantitative estimate of drug-likeness (QED) is 0.519. The van der Waals surface area contributed by atoms with Crippen LogP contribution in [-0.2, 0) is 4.79 Å². The van der Waals surface area contributed by atoms with Crippen molar-refractivity contribution in [3.63, 3.8) is 0 Å². The van der Waals surface area contributed by atoms with Crippen molar-refractivity contribution in [3.8, 4) is 0 Å². The van der Waals surface area contributed by atoms with E-state index < -0.39 is 30.2 Å². The molecule has 0 radical (unpaired) electrons. The van der Waals surface area contributed by atoms with E-state index in [9.17, 15) is 14.0 Å². The zero-order valence-corrected chi connectivity index (χ0v) is 15.7. The molecule has 27 heavy (non-hydrogen) atoms. The maximum atomic E-state index is 13.2. The Morgan fingerprint density at radius 3 is 2.30 bits per heavy atom. The van der Waals surface area contributed by atoms with Gasteiger partial charge in [0.05, 0.1) is 16.3 Å². The lowest BCUT2D eigenvalue weighted by Crippen LogP contribution is -2.49. The molecule has 9 nitrogen and oxygen atoms in total. The summed E-state index contributed by atoms with van der Waals surface area (Å²) in [5.41, 5.74) is 4.69. The van der Waals surface area contributed by atoms with E-state index in [4.69, 9.17) is 15.0 Å². The Morgan fingerprint density at radius 1 is 1.19 bits per heavy atom. The van der Waals surface area contributed by atoms with E-state index in [1.807, 2.05) is 0 Å². The van der Waals surface area contributed by atoms with E-state index in [2.05, 4.69) is 21.4 Å². The number of rotatable bonds is 5. The molecule has 3 amide bonds. The number of aromatic nitrogens is 1. The maximum absolute atomic E-state index is 13.2. The lowest BCUT2D eigenvalue weighted by molar-refractivity contribution is -0.124. The van der Waals surface area contributed by atoms with Gasteiger partial charge in [-0.15, -0.1) is 11.3 Å². The molecule has 2 aromatic rings. The second-order valence-electron chi connectivity index (χ2n) is 5.90. The molecule has 1 aromatic carbocycles. The topological polar surface area (TPSA) is 155 Å². The molecule has 0 bridgehead atoms. The number of carbonyl (C=O) groups excluding carboxylic acids is 1. The molecular weight excluding hydrogens is 379 g/mol. The van der Waals surface area contributed by atoms with E-state index >= 15 is 0 Å². The van der Waals surface area contributed by atoms with Crippen LogP contribution in [0.1, 0.15) is 31.8 Å². The summed E-state index contributed by atoms with van der Waals surface area (Å²) in [6, 6.07) is 3.07. The van der Waals surface area contributed by atoms with E-state index in [0.717, 1.165) is 0 Å². The Bertz CT molecular complexity index is 822. The number of halogens is 1. The highest BCUT2D eigenvalue weighted by Crippen LogP contribution is 2.27. The first-order chi connectivity index (χ1) is 12.5. The van der Waals surface area contributed by atoms with Crippen LogP contribution in [-0.4, -0.2) is 39.3 Å². The molecule has 148 valence electrons. The summed E-state index contributed by atoms with van der Waals surface area (Å²) in [4.78, 5) is 36.2. The fourth-order valence-electron chi connectivity index (χ4n) is 2.13. The molecule has 1 heterocycles. The van der Waals surface area contributed by atoms with Crippen LogP contribution in [0.2, 0.25) is 0 Å². The highest BCUT2D eigenvalue weighted by atomic mass is 32.1. The van der Waals surface area contributed by atoms with Crippen LogP contribution in [0, 0.1) is 11.7 Å². The predicted octanol–water partition coefficient (Wildman–Crippen LogP) is 2.53. The predicted molar refractivity (Wildman–Crippen MR) is 98.1 cm³/mol. The summed E-state index contributed by atoms with van der Waals surface area (Å²) in [6.45, 7) is 5.26. The van der Waals surface area contributed by atoms with Crippen molar-refractivity contribution in [2.45, 2.75) is 32.9 Å². The average molecular weight is 400 g/mol. The summed E-state index contributed by atoms with van der Waals surface area (Å²) in [5.74, 6) is -0.946. The monoisotopic (exact) mass is 400 g/mol. The number of primary amides is 1. The molecule has 0 aliphatic rings. The molecule has 0 aliphatic heterocycles. The lowest BCUT2D eigenvalue weighted by atomic mass is 10.0. The number of benzene rings is 1. The number of thiazole rings is 1. The summed E-state index contributed by atoms with van der Waals surface area (Å²) < 4.78 is 13.9. The molecule has 11 heteroatoms. The second-order valence-corrected chi connectivity index (χ2v) is 6.97. The van der Waals surface area contributed by atoms with Gasteiger partial charge in [-0.05, 0) is 31.0 Å². The van der Waals surface area contributed by atoms with Gasteiger partial charge in [-0.2, -0.15) is 0 Å². The molecule has 0 fully saturated rings. The summed E-state index contributed by atoms with van der Waals surface area (Å²) in [5, 5.41) is 21.6. The molecule has 0 unspecified atom stereocenters. The number of amides is 3. The fraction of sp³-hybridized carbons (Fsp3) is 0.375. The van der Waals surface area contributed by atoms with Crippen LogP contribution >= 0.6 is 11.3 Å². The van der Waals surface area contributed by atoms with Gasteiger partial charge < -0.3 is 26.6 Å². The molecule has 0 spiro atoms. The fourth-order valence-corrected chi connectivity index (χ4v) is 3.13. The van der Waals surface area contributed by atoms with Crippen molar-refractivity contribution in [1.82, 2.24) is 15.6 Å². The van der Waals surface area contributed by atoms with Crippen molar-refractivity contribution in [3.05, 3.63) is 29.0 Å². The van der Waals surface area contributed by atoms with Gasteiger partial charge in [-0.1, -0.05) is 13.8 Å². The largest absolute Gasteiger partial charge is 0.465 e. The maximum Gasteiger partial charge on any atom is 0.405 e. The number of fused-ring (bicyclic) bond motifs is 1. The second kappa shape index (κ2) is 9.67. The number of carbonyl (C=O) groups is 3. The summed E-state index contributed by atoms with van der Waals surface area (Å²) in [6.07, 6.45) is -2.58. The zero-order chi connectivity index (χ0) is 20.7. The minimum Gasteiger partial charge on any atom is -0.465 e. The van der Waals surface area contributed by atoms with Gasteiger partial charge in [-0.25, -0.2) is 19.0 Å². The third-order valence-corrected chi connectivity index (χ3v) is 4.53. The van der Waals surface area contributed by atoms with Crippen LogP contribution in [0.25, 0.3) is 10.2 Å². The first-order valence-corrected chi connectivity index (χ1v) is 8.67. The standard InChI is InChI=1S/C15H18FN3O3S.CH3NO2/c1-7(2)12(19-15(21)22)13(20)17-8(3)14-18-10-5-4-9(16)6-11(10)23-14;2-1(3)4/h4-8,12,19H,1-3H3,(H,17,20)(H,21,22);2H2,(H,3,4)/t8-,12+;/m1./s1. The first-order valence-electron chi connectivity index (χ1n) is 7.85. The van der Waals surface area contributed by atoms with Crippen molar-refractivity contribution in [2.24, 2.45) is 11.7 Å². The molecule has 0 aliphatic carbocycles. The van der Waals surface area contributed by atoms with Crippen LogP contribution < -0.4 is 16.4 Å². The van der Waals surface area contributed by atoms with E-state index in [-0.39, 0.29) is 11.7 Å². The van der Waals surface area contributed by atoms with Gasteiger partial charge in [0.25, 0.3) is 0 Å². The number of hydrogen-bond donors (Lipinski definition) is 5. The number of nitrogens with two attached hydrogens (primary N) is 1. The van der Waals surface area contributed by atoms with E-state index in [0.29, 0.717) is 15.2 Å². The Kier molecular flexibility index (Phi) is 7.91. The number of hydrogen-bond acceptors (Lipinski definition) is 5. The van der Waals surface area contributed by atoms with Crippen LogP contribution in [0.3, 0.4) is 0 Å².